The van der Waals surface area contributed by atoms with E-state index >= 15 is 0 Å². The van der Waals surface area contributed by atoms with Gasteiger partial charge in [0.1, 0.15) is 17.2 Å². The lowest BCUT2D eigenvalue weighted by atomic mass is 10.0. The van der Waals surface area contributed by atoms with Crippen LogP contribution in [0, 0.1) is 0 Å². The first-order valence-corrected chi connectivity index (χ1v) is 15.0. The number of fused-ring (bicyclic) bond motifs is 1. The van der Waals surface area contributed by atoms with Gasteiger partial charge in [-0.1, -0.05) is 68.7 Å². The van der Waals surface area contributed by atoms with Crippen molar-refractivity contribution in [2.75, 3.05) is 13.1 Å². The van der Waals surface area contributed by atoms with Gasteiger partial charge in [-0.2, -0.15) is 0 Å². The molecule has 0 heterocycles. The van der Waals surface area contributed by atoms with Crippen molar-refractivity contribution in [1.82, 2.24) is 15.5 Å². The van der Waals surface area contributed by atoms with Gasteiger partial charge in [0.25, 0.3) is 0 Å². The Balaban J connectivity index is 2.18. The van der Waals surface area contributed by atoms with Gasteiger partial charge < -0.3 is 25.0 Å². The number of ether oxygens (including phenoxy) is 2. The van der Waals surface area contributed by atoms with Crippen LogP contribution in [-0.4, -0.2) is 53.3 Å². The summed E-state index contributed by atoms with van der Waals surface area (Å²) in [6.45, 7) is 14.5. The van der Waals surface area contributed by atoms with Crippen molar-refractivity contribution in [3.63, 3.8) is 0 Å². The summed E-state index contributed by atoms with van der Waals surface area (Å²) in [7, 11) is 0. The molecule has 0 fully saturated rings. The number of alkyl carbamates (subject to hydrolysis) is 2. The Morgan fingerprint density at radius 2 is 1.46 bits per heavy atom. The summed E-state index contributed by atoms with van der Waals surface area (Å²) in [5.41, 5.74) is -0.175. The zero-order valence-electron chi connectivity index (χ0n) is 26.2. The molecule has 2 aromatic rings. The van der Waals surface area contributed by atoms with Crippen molar-refractivity contribution >= 4 is 28.9 Å². The number of hydrogen-bond donors (Lipinski definition) is 2. The standard InChI is InChI=1S/C33H51N3O5/c1-8-9-10-15-23-36(24-26-19-16-18-25-17-11-12-20-27(25)26)29(37)28(35-31(39)41-33(5,6)7)21-13-14-22-34-30(38)40-32(2,3)4/h11-12,16-20,28H,8-10,13-15,21-24H2,1-7H3,(H,34,38)(H,35,39). The zero-order valence-corrected chi connectivity index (χ0v) is 26.2. The number of amides is 3. The highest BCUT2D eigenvalue weighted by atomic mass is 16.6. The first-order valence-electron chi connectivity index (χ1n) is 15.0. The molecule has 41 heavy (non-hydrogen) atoms. The minimum absolute atomic E-state index is 0.125. The molecule has 2 aromatic carbocycles. The fraction of sp³-hybridized carbons (Fsp3) is 0.606. The Morgan fingerprint density at radius 1 is 0.805 bits per heavy atom. The van der Waals surface area contributed by atoms with Crippen LogP contribution in [0.25, 0.3) is 10.8 Å². The van der Waals surface area contributed by atoms with E-state index in [4.69, 9.17) is 9.47 Å². The minimum Gasteiger partial charge on any atom is -0.444 e. The van der Waals surface area contributed by atoms with Crippen LogP contribution in [0.2, 0.25) is 0 Å². The maximum atomic E-state index is 14.0. The molecule has 8 nitrogen and oxygen atoms in total. The summed E-state index contributed by atoms with van der Waals surface area (Å²) in [5.74, 6) is -0.125. The third kappa shape index (κ3) is 13.3. The molecule has 0 aromatic heterocycles. The maximum Gasteiger partial charge on any atom is 0.408 e. The molecule has 0 aliphatic rings. The van der Waals surface area contributed by atoms with Gasteiger partial charge in [-0.25, -0.2) is 9.59 Å². The van der Waals surface area contributed by atoms with Crippen molar-refractivity contribution in [2.45, 2.75) is 117 Å². The predicted molar refractivity (Wildman–Crippen MR) is 165 cm³/mol. The van der Waals surface area contributed by atoms with E-state index in [2.05, 4.69) is 41.8 Å². The first kappa shape index (κ1) is 33.9. The summed E-state index contributed by atoms with van der Waals surface area (Å²) in [6, 6.07) is 13.6. The number of nitrogens with one attached hydrogen (secondary N) is 2. The largest absolute Gasteiger partial charge is 0.444 e. The Labute approximate surface area is 246 Å². The number of hydrogen-bond acceptors (Lipinski definition) is 5. The number of carbonyl (C=O) groups is 3. The van der Waals surface area contributed by atoms with E-state index < -0.39 is 29.4 Å². The molecule has 0 bridgehead atoms. The Bertz CT molecular complexity index is 1110. The van der Waals surface area contributed by atoms with Crippen molar-refractivity contribution in [2.24, 2.45) is 0 Å². The second-order valence-electron chi connectivity index (χ2n) is 12.6. The van der Waals surface area contributed by atoms with Crippen LogP contribution in [0.15, 0.2) is 42.5 Å². The van der Waals surface area contributed by atoms with Gasteiger partial charge in [0.05, 0.1) is 0 Å². The van der Waals surface area contributed by atoms with Gasteiger partial charge in [0, 0.05) is 19.6 Å². The Kier molecular flexibility index (Phi) is 13.4. The van der Waals surface area contributed by atoms with Crippen LogP contribution < -0.4 is 10.6 Å². The van der Waals surface area contributed by atoms with Gasteiger partial charge in [0.15, 0.2) is 0 Å². The second kappa shape index (κ2) is 16.2. The fourth-order valence-corrected chi connectivity index (χ4v) is 4.54. The Morgan fingerprint density at radius 3 is 2.15 bits per heavy atom. The van der Waals surface area contributed by atoms with E-state index in [1.54, 1.807) is 20.8 Å². The highest BCUT2D eigenvalue weighted by Gasteiger charge is 2.28. The molecule has 1 unspecified atom stereocenters. The molecule has 0 aliphatic carbocycles. The van der Waals surface area contributed by atoms with Gasteiger partial charge in [-0.3, -0.25) is 4.79 Å². The quantitative estimate of drug-likeness (QED) is 0.232. The highest BCUT2D eigenvalue weighted by molar-refractivity contribution is 5.88. The average Bonchev–Trinajstić information content (AvgIpc) is 2.87. The maximum absolute atomic E-state index is 14.0. The number of benzene rings is 2. The zero-order chi connectivity index (χ0) is 30.5. The molecule has 3 amide bonds. The number of rotatable bonds is 14. The van der Waals surface area contributed by atoms with E-state index in [9.17, 15) is 14.4 Å². The van der Waals surface area contributed by atoms with Gasteiger partial charge >= 0.3 is 12.2 Å². The van der Waals surface area contributed by atoms with Crippen LogP contribution in [0.5, 0.6) is 0 Å². The summed E-state index contributed by atoms with van der Waals surface area (Å²) < 4.78 is 10.8. The molecule has 2 N–H and O–H groups in total. The monoisotopic (exact) mass is 569 g/mol. The van der Waals surface area contributed by atoms with Crippen molar-refractivity contribution in [3.05, 3.63) is 48.0 Å². The van der Waals surface area contributed by atoms with E-state index in [1.165, 1.54) is 0 Å². The third-order valence-electron chi connectivity index (χ3n) is 6.41. The third-order valence-corrected chi connectivity index (χ3v) is 6.41. The summed E-state index contributed by atoms with van der Waals surface area (Å²) in [4.78, 5) is 40.7. The lowest BCUT2D eigenvalue weighted by Gasteiger charge is -2.29. The van der Waals surface area contributed by atoms with Gasteiger partial charge in [0.2, 0.25) is 5.91 Å². The molecular weight excluding hydrogens is 518 g/mol. The van der Waals surface area contributed by atoms with E-state index in [1.807, 2.05) is 43.9 Å². The highest BCUT2D eigenvalue weighted by Crippen LogP contribution is 2.21. The molecule has 0 aliphatic heterocycles. The normalized spacial score (nSPS) is 12.5. The van der Waals surface area contributed by atoms with Gasteiger partial charge in [-0.05, 0) is 83.6 Å². The summed E-state index contributed by atoms with van der Waals surface area (Å²) >= 11 is 0. The molecule has 228 valence electrons. The topological polar surface area (TPSA) is 97.0 Å². The van der Waals surface area contributed by atoms with Crippen LogP contribution in [0.1, 0.15) is 99.0 Å². The average molecular weight is 570 g/mol. The summed E-state index contributed by atoms with van der Waals surface area (Å²) in [5, 5.41) is 7.85. The van der Waals surface area contributed by atoms with Crippen LogP contribution >= 0.6 is 0 Å². The lowest BCUT2D eigenvalue weighted by molar-refractivity contribution is -0.134. The molecular formula is C33H51N3O5. The predicted octanol–water partition coefficient (Wildman–Crippen LogP) is 7.34. The summed E-state index contributed by atoms with van der Waals surface area (Å²) in [6.07, 6.45) is 4.76. The molecule has 8 heteroatoms. The number of nitrogens with zero attached hydrogens (tertiary/aromatic N) is 1. The van der Waals surface area contributed by atoms with E-state index in [0.29, 0.717) is 38.9 Å². The van der Waals surface area contributed by atoms with Crippen LogP contribution in [0.3, 0.4) is 0 Å². The molecule has 0 spiro atoms. The van der Waals surface area contributed by atoms with Crippen molar-refractivity contribution in [3.8, 4) is 0 Å². The molecule has 0 saturated heterocycles. The molecule has 1 atom stereocenters. The fourth-order valence-electron chi connectivity index (χ4n) is 4.54. The van der Waals surface area contributed by atoms with E-state index in [0.717, 1.165) is 42.0 Å². The smallest absolute Gasteiger partial charge is 0.408 e. The molecule has 0 saturated carbocycles. The van der Waals surface area contributed by atoms with Crippen LogP contribution in [0.4, 0.5) is 9.59 Å². The van der Waals surface area contributed by atoms with Crippen molar-refractivity contribution in [1.29, 1.82) is 0 Å². The van der Waals surface area contributed by atoms with Crippen molar-refractivity contribution < 1.29 is 23.9 Å². The van der Waals surface area contributed by atoms with Crippen LogP contribution in [-0.2, 0) is 20.8 Å². The number of carbonyl (C=O) groups excluding carboxylic acids is 3. The molecule has 0 radical (unpaired) electrons. The second-order valence-corrected chi connectivity index (χ2v) is 12.6. The first-order chi connectivity index (χ1) is 19.3. The van der Waals surface area contributed by atoms with Gasteiger partial charge in [-0.15, -0.1) is 0 Å². The Hall–Kier alpha value is -3.29. The lowest BCUT2D eigenvalue weighted by Crippen LogP contribution is -2.49. The molecule has 2 rings (SSSR count). The number of unbranched alkanes of at least 4 members (excludes halogenated alkanes) is 4. The van der Waals surface area contributed by atoms with E-state index in [-0.39, 0.29) is 5.91 Å². The minimum atomic E-state index is -0.743. The SMILES string of the molecule is CCCCCCN(Cc1cccc2ccccc12)C(=O)C(CCCCNC(=O)OC(C)(C)C)NC(=O)OC(C)(C)C.